The van der Waals surface area contributed by atoms with Crippen LogP contribution in [0.5, 0.6) is 0 Å². The lowest BCUT2D eigenvalue weighted by Gasteiger charge is -2.15. The molecule has 1 heterocycles. The highest BCUT2D eigenvalue weighted by Gasteiger charge is 2.21. The molecule has 0 fully saturated rings. The van der Waals surface area contributed by atoms with E-state index in [9.17, 15) is 9.90 Å². The monoisotopic (exact) mass is 451 g/mol. The van der Waals surface area contributed by atoms with Crippen molar-refractivity contribution < 1.29 is 9.90 Å². The number of hydrogen-bond acceptors (Lipinski definition) is 4. The largest absolute Gasteiger partial charge is 0.392 e. The number of anilines is 1. The van der Waals surface area contributed by atoms with Gasteiger partial charge < -0.3 is 10.4 Å². The van der Waals surface area contributed by atoms with Crippen LogP contribution in [0.2, 0.25) is 5.02 Å². The van der Waals surface area contributed by atoms with Gasteiger partial charge in [0.25, 0.3) is 0 Å². The topological polar surface area (TPSA) is 67.2 Å². The lowest BCUT2D eigenvalue weighted by atomic mass is 10.2. The average Bonchev–Trinajstić information content (AvgIpc) is 3.13. The zero-order valence-corrected chi connectivity index (χ0v) is 18.7. The van der Waals surface area contributed by atoms with Crippen LogP contribution in [0.3, 0.4) is 0 Å². The Morgan fingerprint density at radius 1 is 1.16 bits per heavy atom. The number of halogens is 1. The van der Waals surface area contributed by atoms with Crippen LogP contribution in [-0.2, 0) is 11.4 Å². The lowest BCUT2D eigenvalue weighted by molar-refractivity contribution is -0.115. The molecule has 3 aromatic carbocycles. The van der Waals surface area contributed by atoms with Gasteiger partial charge >= 0.3 is 0 Å². The molecule has 0 aliphatic rings. The van der Waals surface area contributed by atoms with Crippen molar-refractivity contribution in [3.63, 3.8) is 0 Å². The van der Waals surface area contributed by atoms with Crippen LogP contribution >= 0.6 is 23.4 Å². The molecule has 0 bridgehead atoms. The highest BCUT2D eigenvalue weighted by Crippen LogP contribution is 2.32. The summed E-state index contributed by atoms with van der Waals surface area (Å²) in [7, 11) is 0. The van der Waals surface area contributed by atoms with E-state index in [2.05, 4.69) is 5.32 Å². The van der Waals surface area contributed by atoms with E-state index in [1.807, 2.05) is 85.1 Å². The van der Waals surface area contributed by atoms with Gasteiger partial charge in [0.15, 0.2) is 5.16 Å². The molecule has 158 valence electrons. The van der Waals surface area contributed by atoms with Crippen LogP contribution in [0.25, 0.3) is 16.7 Å². The number of aromatic nitrogens is 2. The first-order valence-electron chi connectivity index (χ1n) is 9.87. The summed E-state index contributed by atoms with van der Waals surface area (Å²) in [6.07, 6.45) is 0. The number of imidazole rings is 1. The summed E-state index contributed by atoms with van der Waals surface area (Å²) in [5, 5.41) is 13.3. The number of hydrogen-bond donors (Lipinski definition) is 2. The summed E-state index contributed by atoms with van der Waals surface area (Å²) in [5.74, 6) is -0.154. The second-order valence-electron chi connectivity index (χ2n) is 7.28. The second-order valence-corrected chi connectivity index (χ2v) is 8.99. The van der Waals surface area contributed by atoms with Gasteiger partial charge in [-0.15, -0.1) is 0 Å². The SMILES string of the molecule is Cc1ccc(NC(=O)C(C)Sc2nc3ccccc3n2-c2cccc(CO)c2)c(Cl)c1. The Kier molecular flexibility index (Phi) is 6.32. The number of aliphatic hydroxyl groups is 1. The second kappa shape index (κ2) is 9.14. The Hall–Kier alpha value is -2.80. The first-order valence-corrected chi connectivity index (χ1v) is 11.1. The quantitative estimate of drug-likeness (QED) is 0.374. The molecule has 4 aromatic rings. The van der Waals surface area contributed by atoms with Gasteiger partial charge in [0.05, 0.1) is 33.6 Å². The number of carbonyl (C=O) groups excluding carboxylic acids is 1. The van der Waals surface area contributed by atoms with Gasteiger partial charge in [0.2, 0.25) is 5.91 Å². The summed E-state index contributed by atoms with van der Waals surface area (Å²) in [6.45, 7) is 3.75. The molecular formula is C24H22ClN3O2S. The number of amides is 1. The molecule has 2 N–H and O–H groups in total. The van der Waals surface area contributed by atoms with Crippen molar-refractivity contribution >= 4 is 46.0 Å². The van der Waals surface area contributed by atoms with Crippen LogP contribution in [0.4, 0.5) is 5.69 Å². The summed E-state index contributed by atoms with van der Waals surface area (Å²) < 4.78 is 2.02. The summed E-state index contributed by atoms with van der Waals surface area (Å²) in [4.78, 5) is 17.6. The maximum absolute atomic E-state index is 12.9. The number of fused-ring (bicyclic) bond motifs is 1. The molecule has 7 heteroatoms. The smallest absolute Gasteiger partial charge is 0.237 e. The van der Waals surface area contributed by atoms with E-state index in [-0.39, 0.29) is 12.5 Å². The molecule has 5 nitrogen and oxygen atoms in total. The molecule has 0 saturated heterocycles. The molecule has 31 heavy (non-hydrogen) atoms. The van der Waals surface area contributed by atoms with Crippen molar-refractivity contribution in [2.24, 2.45) is 0 Å². The fraction of sp³-hybridized carbons (Fsp3) is 0.167. The van der Waals surface area contributed by atoms with Gasteiger partial charge in [-0.1, -0.05) is 53.7 Å². The van der Waals surface area contributed by atoms with Crippen molar-refractivity contribution in [1.29, 1.82) is 0 Å². The van der Waals surface area contributed by atoms with Crippen molar-refractivity contribution in [2.45, 2.75) is 30.9 Å². The molecule has 1 aromatic heterocycles. The van der Waals surface area contributed by atoms with E-state index in [0.717, 1.165) is 27.8 Å². The maximum Gasteiger partial charge on any atom is 0.237 e. The predicted molar refractivity (Wildman–Crippen MR) is 127 cm³/mol. The van der Waals surface area contributed by atoms with Gasteiger partial charge in [-0.3, -0.25) is 9.36 Å². The summed E-state index contributed by atoms with van der Waals surface area (Å²) in [6, 6.07) is 21.0. The number of rotatable bonds is 6. The number of aryl methyl sites for hydroxylation is 1. The number of nitrogens with one attached hydrogen (secondary N) is 1. The standard InChI is InChI=1S/C24H22ClN3O2S/c1-15-10-11-20(19(25)12-15)26-23(30)16(2)31-24-27-21-8-3-4-9-22(21)28(24)18-7-5-6-17(13-18)14-29/h3-13,16,29H,14H2,1-2H3,(H,26,30). The van der Waals surface area contributed by atoms with Gasteiger partial charge in [-0.2, -0.15) is 0 Å². The molecule has 1 unspecified atom stereocenters. The van der Waals surface area contributed by atoms with E-state index < -0.39 is 5.25 Å². The van der Waals surface area contributed by atoms with Crippen molar-refractivity contribution in [3.05, 3.63) is 82.9 Å². The molecule has 0 aliphatic carbocycles. The number of benzene rings is 3. The van der Waals surface area contributed by atoms with E-state index in [0.29, 0.717) is 15.9 Å². The Bertz CT molecular complexity index is 1250. The molecule has 0 spiro atoms. The number of carbonyl (C=O) groups is 1. The van der Waals surface area contributed by atoms with E-state index in [1.165, 1.54) is 11.8 Å². The number of para-hydroxylation sites is 2. The molecule has 0 aliphatic heterocycles. The first kappa shape index (κ1) is 21.4. The Balaban J connectivity index is 1.65. The predicted octanol–water partition coefficient (Wildman–Crippen LogP) is 5.60. The third-order valence-electron chi connectivity index (χ3n) is 4.92. The van der Waals surface area contributed by atoms with Crippen LogP contribution < -0.4 is 5.32 Å². The molecule has 0 radical (unpaired) electrons. The van der Waals surface area contributed by atoms with E-state index >= 15 is 0 Å². The minimum atomic E-state index is -0.408. The van der Waals surface area contributed by atoms with Crippen LogP contribution in [0.1, 0.15) is 18.1 Å². The zero-order chi connectivity index (χ0) is 22.0. The average molecular weight is 452 g/mol. The van der Waals surface area contributed by atoms with Crippen molar-refractivity contribution in [3.8, 4) is 5.69 Å². The van der Waals surface area contributed by atoms with Crippen LogP contribution in [0, 0.1) is 6.92 Å². The Morgan fingerprint density at radius 2 is 1.97 bits per heavy atom. The zero-order valence-electron chi connectivity index (χ0n) is 17.2. The van der Waals surface area contributed by atoms with Gasteiger partial charge in [-0.05, 0) is 61.4 Å². The lowest BCUT2D eigenvalue weighted by Crippen LogP contribution is -2.23. The molecule has 0 saturated carbocycles. The van der Waals surface area contributed by atoms with Gasteiger partial charge in [-0.25, -0.2) is 4.98 Å². The number of thioether (sulfide) groups is 1. The minimum Gasteiger partial charge on any atom is -0.392 e. The number of nitrogens with zero attached hydrogens (tertiary/aromatic N) is 2. The molecular weight excluding hydrogens is 430 g/mol. The molecule has 1 amide bonds. The highest BCUT2D eigenvalue weighted by molar-refractivity contribution is 8.00. The van der Waals surface area contributed by atoms with E-state index in [1.54, 1.807) is 0 Å². The van der Waals surface area contributed by atoms with Crippen LogP contribution in [0.15, 0.2) is 71.9 Å². The van der Waals surface area contributed by atoms with Crippen LogP contribution in [-0.4, -0.2) is 25.8 Å². The van der Waals surface area contributed by atoms with Crippen molar-refractivity contribution in [1.82, 2.24) is 9.55 Å². The summed E-state index contributed by atoms with van der Waals surface area (Å²) >= 11 is 7.64. The normalized spacial score (nSPS) is 12.1. The van der Waals surface area contributed by atoms with E-state index in [4.69, 9.17) is 16.6 Å². The number of aliphatic hydroxyl groups excluding tert-OH is 1. The van der Waals surface area contributed by atoms with Gasteiger partial charge in [0, 0.05) is 5.69 Å². The fourth-order valence-electron chi connectivity index (χ4n) is 3.29. The van der Waals surface area contributed by atoms with Gasteiger partial charge in [0.1, 0.15) is 0 Å². The Labute approximate surface area is 190 Å². The third kappa shape index (κ3) is 4.61. The fourth-order valence-corrected chi connectivity index (χ4v) is 4.52. The molecule has 4 rings (SSSR count). The third-order valence-corrected chi connectivity index (χ3v) is 6.28. The first-order chi connectivity index (χ1) is 15.0. The minimum absolute atomic E-state index is 0.0426. The maximum atomic E-state index is 12.9. The Morgan fingerprint density at radius 3 is 2.74 bits per heavy atom. The molecule has 1 atom stereocenters. The highest BCUT2D eigenvalue weighted by atomic mass is 35.5. The summed E-state index contributed by atoms with van der Waals surface area (Å²) in [5.41, 5.74) is 5.10. The van der Waals surface area contributed by atoms with Crippen molar-refractivity contribution in [2.75, 3.05) is 5.32 Å².